The normalized spacial score (nSPS) is 11.5. The molecule has 0 bridgehead atoms. The van der Waals surface area contributed by atoms with Crippen molar-refractivity contribution in [1.82, 2.24) is 50.2 Å². The van der Waals surface area contributed by atoms with E-state index in [0.29, 0.717) is 18.1 Å². The van der Waals surface area contributed by atoms with Gasteiger partial charge in [-0.25, -0.2) is 19.0 Å². The van der Waals surface area contributed by atoms with Crippen LogP contribution >= 0.6 is 0 Å². The van der Waals surface area contributed by atoms with Crippen molar-refractivity contribution in [3.8, 4) is 33.8 Å². The molecule has 0 unspecified atom stereocenters. The first-order chi connectivity index (χ1) is 19.0. The lowest BCUT2D eigenvalue weighted by Crippen LogP contribution is -2.05. The molecule has 0 radical (unpaired) electrons. The number of benzene rings is 2. The summed E-state index contributed by atoms with van der Waals surface area (Å²) < 4.78 is 16.5. The summed E-state index contributed by atoms with van der Waals surface area (Å²) in [5.41, 5.74) is 9.42. The number of aryl methyl sites for hydroxylation is 4. The van der Waals surface area contributed by atoms with Crippen LogP contribution in [0.4, 0.5) is 4.39 Å². The Morgan fingerprint density at radius 2 is 1.74 bits per heavy atom. The van der Waals surface area contributed by atoms with Gasteiger partial charge in [0, 0.05) is 23.2 Å². The smallest absolute Gasteiger partial charge is 0.205 e. The van der Waals surface area contributed by atoms with Crippen LogP contribution in [0, 0.1) is 13.8 Å². The van der Waals surface area contributed by atoms with Gasteiger partial charge in [-0.1, -0.05) is 42.5 Å². The third-order valence-corrected chi connectivity index (χ3v) is 6.78. The van der Waals surface area contributed by atoms with Gasteiger partial charge in [-0.05, 0) is 59.5 Å². The lowest BCUT2D eigenvalue weighted by Gasteiger charge is -2.12. The summed E-state index contributed by atoms with van der Waals surface area (Å²) >= 11 is 0. The molecule has 0 saturated carbocycles. The Balaban J connectivity index is 1.37. The molecule has 11 heteroatoms. The Hall–Kier alpha value is -4.80. The van der Waals surface area contributed by atoms with Crippen molar-refractivity contribution in [2.75, 3.05) is 6.67 Å². The third kappa shape index (κ3) is 4.67. The van der Waals surface area contributed by atoms with Crippen molar-refractivity contribution in [3.05, 3.63) is 77.4 Å². The molecule has 0 fully saturated rings. The van der Waals surface area contributed by atoms with Crippen molar-refractivity contribution < 1.29 is 4.39 Å². The van der Waals surface area contributed by atoms with E-state index in [1.165, 1.54) is 4.68 Å². The van der Waals surface area contributed by atoms with Crippen molar-refractivity contribution in [2.45, 2.75) is 40.3 Å². The van der Waals surface area contributed by atoms with E-state index in [1.807, 2.05) is 25.1 Å². The molecule has 6 rings (SSSR count). The molecule has 6 aromatic rings. The average molecular weight is 523 g/mol. The Morgan fingerprint density at radius 3 is 2.49 bits per heavy atom. The summed E-state index contributed by atoms with van der Waals surface area (Å²) in [6.45, 7) is 6.56. The van der Waals surface area contributed by atoms with Gasteiger partial charge in [0.15, 0.2) is 5.65 Å². The molecule has 0 aliphatic heterocycles. The molecule has 39 heavy (non-hydrogen) atoms. The summed E-state index contributed by atoms with van der Waals surface area (Å²) in [6, 6.07) is 16.4. The van der Waals surface area contributed by atoms with Crippen molar-refractivity contribution in [3.63, 3.8) is 0 Å². The number of aromatic amines is 1. The van der Waals surface area contributed by atoms with Crippen LogP contribution < -0.4 is 0 Å². The largest absolute Gasteiger partial charge is 0.308 e. The molecular weight excluding hydrogens is 495 g/mol. The number of hydrogen-bond donors (Lipinski definition) is 1. The zero-order chi connectivity index (χ0) is 26.9. The molecule has 0 spiro atoms. The van der Waals surface area contributed by atoms with Gasteiger partial charge < -0.3 is 4.57 Å². The van der Waals surface area contributed by atoms with Crippen LogP contribution in [0.15, 0.2) is 54.7 Å². The van der Waals surface area contributed by atoms with Crippen LogP contribution in [-0.2, 0) is 19.5 Å². The molecule has 4 aromatic heterocycles. The minimum Gasteiger partial charge on any atom is -0.308 e. The Kier molecular flexibility index (Phi) is 6.39. The van der Waals surface area contributed by atoms with E-state index in [2.05, 4.69) is 79.7 Å². The highest BCUT2D eigenvalue weighted by molar-refractivity contribution is 5.84. The van der Waals surface area contributed by atoms with Crippen molar-refractivity contribution in [2.24, 2.45) is 0 Å². The molecule has 0 aliphatic carbocycles. The topological polar surface area (TPSA) is 116 Å². The predicted octanol–water partition coefficient (Wildman–Crippen LogP) is 4.73. The van der Waals surface area contributed by atoms with Gasteiger partial charge in [0.2, 0.25) is 5.82 Å². The van der Waals surface area contributed by atoms with E-state index < -0.39 is 6.67 Å². The van der Waals surface area contributed by atoms with Gasteiger partial charge in [0.1, 0.15) is 23.7 Å². The van der Waals surface area contributed by atoms with Crippen LogP contribution in [0.5, 0.6) is 0 Å². The molecule has 10 nitrogen and oxygen atoms in total. The Labute approximate surface area is 223 Å². The third-order valence-electron chi connectivity index (χ3n) is 6.78. The molecule has 1 N–H and O–H groups in total. The van der Waals surface area contributed by atoms with E-state index >= 15 is 0 Å². The van der Waals surface area contributed by atoms with Crippen LogP contribution in [0.25, 0.3) is 44.9 Å². The number of rotatable bonds is 8. The first kappa shape index (κ1) is 24.5. The first-order valence-corrected chi connectivity index (χ1v) is 12.8. The highest BCUT2D eigenvalue weighted by Crippen LogP contribution is 2.34. The second-order valence-electron chi connectivity index (χ2n) is 9.47. The number of pyridine rings is 1. The Bertz CT molecular complexity index is 1750. The number of nitrogens with zero attached hydrogens (tertiary/aromatic N) is 9. The highest BCUT2D eigenvalue weighted by atomic mass is 19.1. The van der Waals surface area contributed by atoms with E-state index in [-0.39, 0.29) is 6.54 Å². The van der Waals surface area contributed by atoms with Crippen LogP contribution in [-0.4, -0.2) is 56.8 Å². The molecular formula is C28H27FN10. The minimum atomic E-state index is -0.499. The number of alkyl halides is 1. The fourth-order valence-corrected chi connectivity index (χ4v) is 4.90. The summed E-state index contributed by atoms with van der Waals surface area (Å²) in [5.74, 6) is 1.51. The number of hydrogen-bond acceptors (Lipinski definition) is 7. The van der Waals surface area contributed by atoms with Gasteiger partial charge in [-0.3, -0.25) is 0 Å². The zero-order valence-corrected chi connectivity index (χ0v) is 21.9. The standard InChI is InChI=1S/C28H27FN10/c1-4-25-31-26-17(2)13-18(3)30-28(26)39(25)15-19-5-7-20(8-6-19)23-14-21(24-16-38(12-11-29)37-32-24)9-10-22(23)27-33-35-36-34-27/h5-10,13-14,16H,4,11-12,15H2,1-3H3,(H,33,34,35,36). The van der Waals surface area contributed by atoms with Gasteiger partial charge in [0.25, 0.3) is 0 Å². The molecule has 4 heterocycles. The number of aromatic nitrogens is 10. The molecule has 0 saturated heterocycles. The molecule has 2 aromatic carbocycles. The number of nitrogens with one attached hydrogen (secondary N) is 1. The van der Waals surface area contributed by atoms with Gasteiger partial charge in [-0.15, -0.1) is 15.3 Å². The minimum absolute atomic E-state index is 0.170. The molecule has 0 atom stereocenters. The van der Waals surface area contributed by atoms with E-state index in [9.17, 15) is 4.39 Å². The van der Waals surface area contributed by atoms with E-state index in [4.69, 9.17) is 9.97 Å². The van der Waals surface area contributed by atoms with E-state index in [0.717, 1.165) is 62.5 Å². The van der Waals surface area contributed by atoms with Crippen LogP contribution in [0.2, 0.25) is 0 Å². The fourth-order valence-electron chi connectivity index (χ4n) is 4.90. The number of H-pyrrole nitrogens is 1. The van der Waals surface area contributed by atoms with Crippen molar-refractivity contribution >= 4 is 11.2 Å². The monoisotopic (exact) mass is 522 g/mol. The Morgan fingerprint density at radius 1 is 0.923 bits per heavy atom. The second kappa shape index (κ2) is 10.2. The second-order valence-corrected chi connectivity index (χ2v) is 9.47. The lowest BCUT2D eigenvalue weighted by molar-refractivity contribution is 0.422. The SMILES string of the molecule is CCc1nc2c(C)cc(C)nc2n1Cc1ccc(-c2cc(-c3cn(CCF)nn3)ccc2-c2nn[nH]n2)cc1. The quantitative estimate of drug-likeness (QED) is 0.307. The van der Waals surface area contributed by atoms with Crippen LogP contribution in [0.1, 0.15) is 29.6 Å². The molecule has 0 aliphatic rings. The van der Waals surface area contributed by atoms with Gasteiger partial charge >= 0.3 is 0 Å². The summed E-state index contributed by atoms with van der Waals surface area (Å²) in [6.07, 6.45) is 2.57. The first-order valence-electron chi connectivity index (χ1n) is 12.8. The number of tetrazole rings is 1. The lowest BCUT2D eigenvalue weighted by atomic mass is 9.95. The number of fused-ring (bicyclic) bond motifs is 1. The van der Waals surface area contributed by atoms with E-state index in [1.54, 1.807) is 6.20 Å². The number of imidazole rings is 1. The average Bonchev–Trinajstić information content (AvgIpc) is 3.70. The summed E-state index contributed by atoms with van der Waals surface area (Å²) in [5, 5.41) is 22.9. The zero-order valence-electron chi connectivity index (χ0n) is 21.9. The number of halogens is 1. The summed E-state index contributed by atoms with van der Waals surface area (Å²) in [7, 11) is 0. The maximum Gasteiger partial charge on any atom is 0.205 e. The predicted molar refractivity (Wildman–Crippen MR) is 146 cm³/mol. The molecule has 0 amide bonds. The fraction of sp³-hybridized carbons (Fsp3) is 0.250. The van der Waals surface area contributed by atoms with Crippen LogP contribution in [0.3, 0.4) is 0 Å². The molecule has 196 valence electrons. The van der Waals surface area contributed by atoms with Gasteiger partial charge in [0.05, 0.1) is 19.3 Å². The maximum atomic E-state index is 12.8. The highest BCUT2D eigenvalue weighted by Gasteiger charge is 2.16. The maximum absolute atomic E-state index is 12.8. The summed E-state index contributed by atoms with van der Waals surface area (Å²) in [4.78, 5) is 9.67. The van der Waals surface area contributed by atoms with Gasteiger partial charge in [-0.2, -0.15) is 5.21 Å². The van der Waals surface area contributed by atoms with Crippen molar-refractivity contribution in [1.29, 1.82) is 0 Å².